The lowest BCUT2D eigenvalue weighted by atomic mass is 9.92. The van der Waals surface area contributed by atoms with Crippen molar-refractivity contribution in [2.75, 3.05) is 13.7 Å². The highest BCUT2D eigenvalue weighted by atomic mass is 32.1. The zero-order chi connectivity index (χ0) is 15.6. The number of ether oxygens (including phenoxy) is 1. The van der Waals surface area contributed by atoms with Crippen LogP contribution in [0.5, 0.6) is 0 Å². The fourth-order valence-corrected chi connectivity index (χ4v) is 4.28. The summed E-state index contributed by atoms with van der Waals surface area (Å²) in [6.45, 7) is 10.6. The number of hydrogen-bond donors (Lipinski definition) is 0. The predicted molar refractivity (Wildman–Crippen MR) is 85.8 cm³/mol. The predicted octanol–water partition coefficient (Wildman–Crippen LogP) is 2.45. The van der Waals surface area contributed by atoms with Crippen LogP contribution >= 0.6 is 11.3 Å². The van der Waals surface area contributed by atoms with Crippen LogP contribution in [0.2, 0.25) is 19.6 Å². The number of nitrogens with zero attached hydrogens (tertiary/aromatic N) is 2. The molecule has 1 amide bonds. The summed E-state index contributed by atoms with van der Waals surface area (Å²) in [5.41, 5.74) is 0. The van der Waals surface area contributed by atoms with Gasteiger partial charge >= 0.3 is 0 Å². The van der Waals surface area contributed by atoms with E-state index in [1.807, 2.05) is 5.38 Å². The molecule has 7 heteroatoms. The molecule has 21 heavy (non-hydrogen) atoms. The summed E-state index contributed by atoms with van der Waals surface area (Å²) < 4.78 is 11.7. The lowest BCUT2D eigenvalue weighted by molar-refractivity contribution is -0.178. The number of thiazole rings is 1. The largest absolute Gasteiger partial charge is 0.406 e. The molecule has 1 aromatic rings. The third-order valence-corrected chi connectivity index (χ3v) is 5.06. The van der Waals surface area contributed by atoms with E-state index in [4.69, 9.17) is 9.16 Å². The van der Waals surface area contributed by atoms with E-state index >= 15 is 0 Å². The average Bonchev–Trinajstić information content (AvgIpc) is 2.92. The zero-order valence-electron chi connectivity index (χ0n) is 12.9. The highest BCUT2D eigenvalue weighted by molar-refractivity contribution is 7.09. The normalized spacial score (nSPS) is 23.8. The molecule has 0 N–H and O–H groups in total. The Labute approximate surface area is 130 Å². The van der Waals surface area contributed by atoms with Gasteiger partial charge in [-0.1, -0.05) is 6.08 Å². The van der Waals surface area contributed by atoms with Gasteiger partial charge in [0.05, 0.1) is 6.04 Å². The fraction of sp³-hybridized carbons (Fsp3) is 0.571. The summed E-state index contributed by atoms with van der Waals surface area (Å²) in [4.78, 5) is 18.3. The highest BCUT2D eigenvalue weighted by Gasteiger charge is 2.53. The molecule has 0 spiro atoms. The number of methoxy groups -OCH3 is 1. The van der Waals surface area contributed by atoms with E-state index in [1.165, 1.54) is 0 Å². The summed E-state index contributed by atoms with van der Waals surface area (Å²) >= 11 is 1.55. The van der Waals surface area contributed by atoms with Crippen molar-refractivity contribution in [3.05, 3.63) is 29.2 Å². The van der Waals surface area contributed by atoms with E-state index in [2.05, 4.69) is 31.2 Å². The summed E-state index contributed by atoms with van der Waals surface area (Å²) in [7, 11) is -0.227. The molecule has 1 aliphatic heterocycles. The second-order valence-electron chi connectivity index (χ2n) is 5.95. The van der Waals surface area contributed by atoms with E-state index in [0.29, 0.717) is 6.54 Å². The summed E-state index contributed by atoms with van der Waals surface area (Å²) in [5.74, 6) is -0.0110. The SMILES string of the molecule is C=CCN1C(=O)[C@H](OC)[C@@H]1[C@H](O[Si](C)(C)C)c1nccs1. The molecule has 3 atom stereocenters. The number of carbonyl (C=O) groups is 1. The molecule has 2 heterocycles. The van der Waals surface area contributed by atoms with Gasteiger partial charge in [-0.05, 0) is 19.6 Å². The van der Waals surface area contributed by atoms with Gasteiger partial charge in [0, 0.05) is 25.2 Å². The number of β-lactam (4-membered cyclic amide) rings is 1. The van der Waals surface area contributed by atoms with Gasteiger partial charge in [-0.25, -0.2) is 4.98 Å². The first kappa shape index (κ1) is 16.3. The Morgan fingerprint density at radius 3 is 2.76 bits per heavy atom. The lowest BCUT2D eigenvalue weighted by Gasteiger charge is -2.49. The summed E-state index contributed by atoms with van der Waals surface area (Å²) in [6, 6.07) is -0.140. The smallest absolute Gasteiger partial charge is 0.254 e. The maximum atomic E-state index is 12.1. The number of aromatic nitrogens is 1. The van der Waals surface area contributed by atoms with Gasteiger partial charge in [0.2, 0.25) is 0 Å². The molecular weight excluding hydrogens is 304 g/mol. The standard InChI is InChI=1S/C14H22N2O3SSi/c1-6-8-16-10(12(18-2)14(16)17)11(19-21(3,4)5)13-15-7-9-20-13/h6-7,9-12H,1,8H2,2-5H3/t10-,11-,12+/m0/s1. The van der Waals surface area contributed by atoms with Crippen LogP contribution in [0, 0.1) is 0 Å². The number of hydrogen-bond acceptors (Lipinski definition) is 5. The van der Waals surface area contributed by atoms with Crippen LogP contribution in [-0.2, 0) is 14.0 Å². The minimum absolute atomic E-state index is 0.0110. The Morgan fingerprint density at radius 1 is 1.57 bits per heavy atom. The van der Waals surface area contributed by atoms with Crippen molar-refractivity contribution < 1.29 is 14.0 Å². The molecule has 0 bridgehead atoms. The topological polar surface area (TPSA) is 51.7 Å². The molecule has 5 nitrogen and oxygen atoms in total. The van der Waals surface area contributed by atoms with Gasteiger partial charge in [-0.15, -0.1) is 17.9 Å². The van der Waals surface area contributed by atoms with Gasteiger partial charge in [-0.3, -0.25) is 4.79 Å². The molecule has 116 valence electrons. The molecule has 0 saturated carbocycles. The molecular formula is C14H22N2O3SSi. The molecule has 1 fully saturated rings. The van der Waals surface area contributed by atoms with Crippen molar-refractivity contribution in [2.45, 2.75) is 37.9 Å². The quantitative estimate of drug-likeness (QED) is 0.439. The molecule has 0 aliphatic carbocycles. The Bertz CT molecular complexity index is 501. The van der Waals surface area contributed by atoms with Crippen molar-refractivity contribution in [1.82, 2.24) is 9.88 Å². The van der Waals surface area contributed by atoms with E-state index < -0.39 is 14.4 Å². The minimum Gasteiger partial charge on any atom is -0.406 e. The van der Waals surface area contributed by atoms with Gasteiger partial charge in [0.25, 0.3) is 5.91 Å². The van der Waals surface area contributed by atoms with Crippen molar-refractivity contribution in [3.63, 3.8) is 0 Å². The fourth-order valence-electron chi connectivity index (χ4n) is 2.47. The van der Waals surface area contributed by atoms with E-state index in [9.17, 15) is 4.79 Å². The zero-order valence-corrected chi connectivity index (χ0v) is 14.7. The number of amides is 1. The van der Waals surface area contributed by atoms with Crippen LogP contribution in [-0.4, -0.2) is 49.9 Å². The third-order valence-electron chi connectivity index (χ3n) is 3.26. The molecule has 0 radical (unpaired) electrons. The van der Waals surface area contributed by atoms with Crippen molar-refractivity contribution in [3.8, 4) is 0 Å². The summed E-state index contributed by atoms with van der Waals surface area (Å²) in [5, 5.41) is 2.82. The van der Waals surface area contributed by atoms with Crippen LogP contribution in [0.15, 0.2) is 24.2 Å². The lowest BCUT2D eigenvalue weighted by Crippen LogP contribution is -2.68. The van der Waals surface area contributed by atoms with Crippen molar-refractivity contribution >= 4 is 25.6 Å². The van der Waals surface area contributed by atoms with E-state index in [1.54, 1.807) is 35.6 Å². The molecule has 1 aliphatic rings. The Kier molecular flexibility index (Phi) is 4.98. The monoisotopic (exact) mass is 326 g/mol. The van der Waals surface area contributed by atoms with Crippen LogP contribution in [0.1, 0.15) is 11.1 Å². The van der Waals surface area contributed by atoms with Crippen LogP contribution in [0.25, 0.3) is 0 Å². The maximum absolute atomic E-state index is 12.1. The van der Waals surface area contributed by atoms with Crippen LogP contribution in [0.3, 0.4) is 0 Å². The molecule has 0 unspecified atom stereocenters. The maximum Gasteiger partial charge on any atom is 0.254 e. The Balaban J connectivity index is 2.30. The molecule has 0 aromatic carbocycles. The van der Waals surface area contributed by atoms with Gasteiger partial charge < -0.3 is 14.1 Å². The van der Waals surface area contributed by atoms with E-state index in [0.717, 1.165) is 5.01 Å². The second kappa shape index (κ2) is 6.39. The molecule has 2 rings (SSSR count). The second-order valence-corrected chi connectivity index (χ2v) is 11.3. The number of carbonyl (C=O) groups excluding carboxylic acids is 1. The number of rotatable bonds is 7. The average molecular weight is 326 g/mol. The van der Waals surface area contributed by atoms with Gasteiger partial charge in [0.1, 0.15) is 11.1 Å². The van der Waals surface area contributed by atoms with Crippen LogP contribution < -0.4 is 0 Å². The third kappa shape index (κ3) is 3.42. The first-order valence-electron chi connectivity index (χ1n) is 6.90. The highest BCUT2D eigenvalue weighted by Crippen LogP contribution is 2.38. The van der Waals surface area contributed by atoms with Crippen molar-refractivity contribution in [1.29, 1.82) is 0 Å². The first-order chi connectivity index (χ1) is 9.89. The summed E-state index contributed by atoms with van der Waals surface area (Å²) in [6.07, 6.45) is 2.79. The van der Waals surface area contributed by atoms with Gasteiger partial charge in [-0.2, -0.15) is 0 Å². The Morgan fingerprint density at radius 2 is 2.29 bits per heavy atom. The van der Waals surface area contributed by atoms with Crippen molar-refractivity contribution in [2.24, 2.45) is 0 Å². The van der Waals surface area contributed by atoms with Crippen LogP contribution in [0.4, 0.5) is 0 Å². The minimum atomic E-state index is -1.79. The van der Waals surface area contributed by atoms with E-state index in [-0.39, 0.29) is 18.1 Å². The molecule has 1 saturated heterocycles. The Hall–Kier alpha value is -1.02. The molecule has 1 aromatic heterocycles. The number of likely N-dealkylation sites (tertiary alicyclic amines) is 1. The van der Waals surface area contributed by atoms with Gasteiger partial charge in [0.15, 0.2) is 14.4 Å². The first-order valence-corrected chi connectivity index (χ1v) is 11.2.